The number of aromatic nitrogens is 1. The predicted octanol–water partition coefficient (Wildman–Crippen LogP) is 0.232. The van der Waals surface area contributed by atoms with E-state index in [1.54, 1.807) is 6.92 Å². The Morgan fingerprint density at radius 1 is 1.61 bits per heavy atom. The molecule has 0 unspecified atom stereocenters. The Balaban J connectivity index is 3.08. The standard InChI is InChI=1S/C10H14N2O5S/c1-3-17-8-4-5-11-6-9(8)18(15,16)12-7(2)10(13)14/h4-7,12H,3H2,1-2H3,(H,13,14)/t7-/m1/s1. The molecule has 1 atom stereocenters. The van der Waals surface area contributed by atoms with Gasteiger partial charge in [-0.1, -0.05) is 0 Å². The van der Waals surface area contributed by atoms with Crippen LogP contribution in [0.2, 0.25) is 0 Å². The first-order valence-electron chi connectivity index (χ1n) is 5.20. The SMILES string of the molecule is CCOc1ccncc1S(=O)(=O)N[C@H](C)C(=O)O. The number of hydrogen-bond donors (Lipinski definition) is 2. The van der Waals surface area contributed by atoms with E-state index in [1.165, 1.54) is 19.2 Å². The Bertz CT molecular complexity index is 529. The molecule has 100 valence electrons. The van der Waals surface area contributed by atoms with Crippen LogP contribution in [0.4, 0.5) is 0 Å². The van der Waals surface area contributed by atoms with Crippen molar-refractivity contribution in [2.45, 2.75) is 24.8 Å². The summed E-state index contributed by atoms with van der Waals surface area (Å²) in [5.74, 6) is -1.13. The summed E-state index contributed by atoms with van der Waals surface area (Å²) < 4.78 is 31.1. The number of aliphatic carboxylic acids is 1. The summed E-state index contributed by atoms with van der Waals surface area (Å²) in [5, 5.41) is 8.69. The molecule has 1 aromatic rings. The van der Waals surface area contributed by atoms with Crippen molar-refractivity contribution < 1.29 is 23.1 Å². The molecule has 0 amide bonds. The van der Waals surface area contributed by atoms with Crippen LogP contribution in [0, 0.1) is 0 Å². The maximum absolute atomic E-state index is 11.9. The second kappa shape index (κ2) is 5.78. The van der Waals surface area contributed by atoms with Gasteiger partial charge in [0, 0.05) is 6.20 Å². The number of nitrogens with one attached hydrogen (secondary N) is 1. The van der Waals surface area contributed by atoms with Gasteiger partial charge < -0.3 is 9.84 Å². The molecule has 2 N–H and O–H groups in total. The van der Waals surface area contributed by atoms with Gasteiger partial charge in [0.25, 0.3) is 0 Å². The molecule has 0 saturated heterocycles. The third-order valence-corrected chi connectivity index (χ3v) is 3.59. The lowest BCUT2D eigenvalue weighted by molar-refractivity contribution is -0.138. The predicted molar refractivity (Wildman–Crippen MR) is 62.8 cm³/mol. The van der Waals surface area contributed by atoms with Crippen LogP contribution in [0.3, 0.4) is 0 Å². The molecule has 0 spiro atoms. The first kappa shape index (κ1) is 14.4. The number of ether oxygens (including phenoxy) is 1. The Morgan fingerprint density at radius 2 is 2.28 bits per heavy atom. The average molecular weight is 274 g/mol. The number of hydrogen-bond acceptors (Lipinski definition) is 5. The second-order valence-electron chi connectivity index (χ2n) is 3.44. The lowest BCUT2D eigenvalue weighted by Crippen LogP contribution is -2.38. The van der Waals surface area contributed by atoms with Gasteiger partial charge in [0.15, 0.2) is 0 Å². The van der Waals surface area contributed by atoms with Crippen LogP contribution in [0.1, 0.15) is 13.8 Å². The molecule has 0 aromatic carbocycles. The third-order valence-electron chi connectivity index (χ3n) is 2.04. The number of rotatable bonds is 6. The topological polar surface area (TPSA) is 106 Å². The van der Waals surface area contributed by atoms with Crippen LogP contribution in [0.5, 0.6) is 5.75 Å². The van der Waals surface area contributed by atoms with Crippen molar-refractivity contribution in [2.75, 3.05) is 6.61 Å². The van der Waals surface area contributed by atoms with Crippen LogP contribution in [-0.2, 0) is 14.8 Å². The van der Waals surface area contributed by atoms with Crippen molar-refractivity contribution in [2.24, 2.45) is 0 Å². The quantitative estimate of drug-likeness (QED) is 0.769. The molecule has 0 aliphatic rings. The molecule has 0 fully saturated rings. The van der Waals surface area contributed by atoms with Crippen LogP contribution < -0.4 is 9.46 Å². The third kappa shape index (κ3) is 3.41. The van der Waals surface area contributed by atoms with Gasteiger partial charge in [-0.05, 0) is 19.9 Å². The van der Waals surface area contributed by atoms with Crippen molar-refractivity contribution >= 4 is 16.0 Å². The minimum Gasteiger partial charge on any atom is -0.492 e. The molecule has 1 rings (SSSR count). The number of nitrogens with zero attached hydrogens (tertiary/aromatic N) is 1. The molecule has 0 aliphatic heterocycles. The van der Waals surface area contributed by atoms with Gasteiger partial charge in [-0.3, -0.25) is 9.78 Å². The van der Waals surface area contributed by atoms with Gasteiger partial charge in [-0.15, -0.1) is 0 Å². The first-order chi connectivity index (χ1) is 8.38. The summed E-state index contributed by atoms with van der Waals surface area (Å²) in [6.07, 6.45) is 2.51. The van der Waals surface area contributed by atoms with E-state index < -0.39 is 22.0 Å². The number of sulfonamides is 1. The van der Waals surface area contributed by atoms with Gasteiger partial charge >= 0.3 is 5.97 Å². The monoisotopic (exact) mass is 274 g/mol. The fraction of sp³-hybridized carbons (Fsp3) is 0.400. The minimum atomic E-state index is -3.98. The van der Waals surface area contributed by atoms with Crippen LogP contribution in [0.15, 0.2) is 23.4 Å². The molecule has 18 heavy (non-hydrogen) atoms. The second-order valence-corrected chi connectivity index (χ2v) is 5.12. The summed E-state index contributed by atoms with van der Waals surface area (Å²) in [6, 6.07) is 0.174. The molecule has 0 radical (unpaired) electrons. The summed E-state index contributed by atoms with van der Waals surface area (Å²) in [5.41, 5.74) is 0. The molecule has 8 heteroatoms. The zero-order valence-corrected chi connectivity index (χ0v) is 10.8. The molecular formula is C10H14N2O5S. The van der Waals surface area contributed by atoms with Gasteiger partial charge in [-0.2, -0.15) is 4.72 Å². The summed E-state index contributed by atoms with van der Waals surface area (Å²) in [4.78, 5) is 14.2. The molecule has 1 heterocycles. The van der Waals surface area contributed by atoms with E-state index in [1.807, 2.05) is 4.72 Å². The summed E-state index contributed by atoms with van der Waals surface area (Å²) in [6.45, 7) is 3.24. The van der Waals surface area contributed by atoms with Crippen LogP contribution in [-0.4, -0.2) is 37.1 Å². The highest BCUT2D eigenvalue weighted by atomic mass is 32.2. The number of carbonyl (C=O) groups is 1. The van der Waals surface area contributed by atoms with Crippen LogP contribution in [0.25, 0.3) is 0 Å². The zero-order valence-electron chi connectivity index (χ0n) is 9.95. The van der Waals surface area contributed by atoms with Crippen molar-refractivity contribution in [1.29, 1.82) is 0 Å². The maximum atomic E-state index is 11.9. The molecular weight excluding hydrogens is 260 g/mol. The van der Waals surface area contributed by atoms with E-state index in [0.717, 1.165) is 6.20 Å². The van der Waals surface area contributed by atoms with Gasteiger partial charge in [0.05, 0.1) is 12.8 Å². The number of carboxylic acids is 1. The lowest BCUT2D eigenvalue weighted by atomic mass is 10.4. The van der Waals surface area contributed by atoms with Gasteiger partial charge in [-0.25, -0.2) is 8.42 Å². The Kier molecular flexibility index (Phi) is 4.62. The van der Waals surface area contributed by atoms with E-state index in [-0.39, 0.29) is 10.6 Å². The van der Waals surface area contributed by atoms with E-state index in [4.69, 9.17) is 9.84 Å². The van der Waals surface area contributed by atoms with Crippen molar-refractivity contribution in [3.63, 3.8) is 0 Å². The van der Waals surface area contributed by atoms with E-state index in [0.29, 0.717) is 6.61 Å². The number of pyridine rings is 1. The van der Waals surface area contributed by atoms with Crippen molar-refractivity contribution in [1.82, 2.24) is 9.71 Å². The highest BCUT2D eigenvalue weighted by Gasteiger charge is 2.24. The molecule has 1 aromatic heterocycles. The van der Waals surface area contributed by atoms with E-state index in [9.17, 15) is 13.2 Å². The highest BCUT2D eigenvalue weighted by molar-refractivity contribution is 7.89. The lowest BCUT2D eigenvalue weighted by Gasteiger charge is -2.13. The summed E-state index contributed by atoms with van der Waals surface area (Å²) in [7, 11) is -3.98. The normalized spacial score (nSPS) is 13.0. The molecule has 0 bridgehead atoms. The van der Waals surface area contributed by atoms with E-state index in [2.05, 4.69) is 4.98 Å². The first-order valence-corrected chi connectivity index (χ1v) is 6.68. The largest absolute Gasteiger partial charge is 0.492 e. The van der Waals surface area contributed by atoms with Crippen molar-refractivity contribution in [3.8, 4) is 5.75 Å². The molecule has 0 saturated carbocycles. The maximum Gasteiger partial charge on any atom is 0.321 e. The fourth-order valence-corrected chi connectivity index (χ4v) is 2.48. The smallest absolute Gasteiger partial charge is 0.321 e. The van der Waals surface area contributed by atoms with Gasteiger partial charge in [0.1, 0.15) is 16.7 Å². The Labute approximate surface area is 105 Å². The fourth-order valence-electron chi connectivity index (χ4n) is 1.19. The Hall–Kier alpha value is -1.67. The van der Waals surface area contributed by atoms with Crippen molar-refractivity contribution in [3.05, 3.63) is 18.5 Å². The average Bonchev–Trinajstić information content (AvgIpc) is 2.29. The van der Waals surface area contributed by atoms with Crippen LogP contribution >= 0.6 is 0 Å². The van der Waals surface area contributed by atoms with Gasteiger partial charge in [0.2, 0.25) is 10.0 Å². The summed E-state index contributed by atoms with van der Waals surface area (Å²) >= 11 is 0. The number of carboxylic acid groups (broad SMARTS) is 1. The Morgan fingerprint density at radius 3 is 2.83 bits per heavy atom. The molecule has 0 aliphatic carbocycles. The minimum absolute atomic E-state index is 0.137. The molecule has 7 nitrogen and oxygen atoms in total. The van der Waals surface area contributed by atoms with E-state index >= 15 is 0 Å². The highest BCUT2D eigenvalue weighted by Crippen LogP contribution is 2.22. The zero-order chi connectivity index (χ0) is 13.8.